The zero-order chi connectivity index (χ0) is 24.1. The van der Waals surface area contributed by atoms with Gasteiger partial charge in [-0.25, -0.2) is 4.79 Å². The zero-order valence-electron chi connectivity index (χ0n) is 19.0. The average Bonchev–Trinajstić information content (AvgIpc) is 2.76. The van der Waals surface area contributed by atoms with Gasteiger partial charge in [0.2, 0.25) is 6.29 Å². The van der Waals surface area contributed by atoms with Gasteiger partial charge in [-0.2, -0.15) is 0 Å². The number of hydrogen-bond acceptors (Lipinski definition) is 10. The van der Waals surface area contributed by atoms with Crippen LogP contribution in [0.2, 0.25) is 0 Å². The minimum atomic E-state index is -1.47. The predicted molar refractivity (Wildman–Crippen MR) is 111 cm³/mol. The molecule has 0 unspecified atom stereocenters. The molecular weight excluding hydrogens is 436 g/mol. The third-order valence-electron chi connectivity index (χ3n) is 5.45. The van der Waals surface area contributed by atoms with Crippen molar-refractivity contribution in [3.05, 3.63) is 35.4 Å². The van der Waals surface area contributed by atoms with E-state index in [-0.39, 0.29) is 0 Å². The van der Waals surface area contributed by atoms with Gasteiger partial charge in [-0.05, 0) is 30.4 Å². The van der Waals surface area contributed by atoms with Crippen molar-refractivity contribution in [2.24, 2.45) is 0 Å². The number of rotatable bonds is 6. The molecule has 0 aromatic heterocycles. The molecule has 1 fully saturated rings. The quantitative estimate of drug-likeness (QED) is 0.454. The second-order valence-electron chi connectivity index (χ2n) is 7.89. The molecule has 10 heteroatoms. The van der Waals surface area contributed by atoms with Gasteiger partial charge in [-0.1, -0.05) is 24.3 Å². The number of esters is 4. The smallest absolute Gasteiger partial charge is 0.339 e. The maximum absolute atomic E-state index is 12.5. The van der Waals surface area contributed by atoms with E-state index in [2.05, 4.69) is 0 Å². The summed E-state index contributed by atoms with van der Waals surface area (Å²) in [5.74, 6) is -3.05. The maximum atomic E-state index is 12.5. The van der Waals surface area contributed by atoms with Crippen LogP contribution in [0, 0.1) is 0 Å². The van der Waals surface area contributed by atoms with Crippen LogP contribution in [0.1, 0.15) is 50.8 Å². The molecule has 180 valence electrons. The Morgan fingerprint density at radius 3 is 2.12 bits per heavy atom. The average molecular weight is 464 g/mol. The van der Waals surface area contributed by atoms with Crippen LogP contribution in [0.5, 0.6) is 0 Å². The first-order valence-electron chi connectivity index (χ1n) is 10.7. The van der Waals surface area contributed by atoms with Crippen LogP contribution in [-0.2, 0) is 54.0 Å². The number of benzene rings is 1. The first-order valence-corrected chi connectivity index (χ1v) is 10.7. The molecule has 2 aliphatic rings. The fraction of sp³-hybridized carbons (Fsp3) is 0.565. The van der Waals surface area contributed by atoms with Crippen molar-refractivity contribution < 1.29 is 47.6 Å². The molecule has 1 aromatic rings. The van der Waals surface area contributed by atoms with E-state index < -0.39 is 60.7 Å². The maximum Gasteiger partial charge on any atom is 0.339 e. The molecule has 33 heavy (non-hydrogen) atoms. The van der Waals surface area contributed by atoms with Gasteiger partial charge in [0.25, 0.3) is 0 Å². The standard InChI is InChI=1S/C23H28O10/c1-12(24)29-18-19(30-13(2)25)21(31-14(3)26)23(33-20(18)22(27)28-4)32-17-11-7-9-15-8-5-6-10-16(15)17/h5-6,8,10,17-21,23H,7,9,11H2,1-4H3/t17-,18+,19+,20-,21-,23-/m0/s1. The first-order chi connectivity index (χ1) is 15.7. The zero-order valence-corrected chi connectivity index (χ0v) is 19.0. The van der Waals surface area contributed by atoms with Crippen LogP contribution in [0.25, 0.3) is 0 Å². The van der Waals surface area contributed by atoms with Gasteiger partial charge in [0.1, 0.15) is 0 Å². The number of fused-ring (bicyclic) bond motifs is 1. The third-order valence-corrected chi connectivity index (χ3v) is 5.45. The number of carbonyl (C=O) groups excluding carboxylic acids is 4. The molecule has 1 aromatic carbocycles. The molecule has 6 atom stereocenters. The van der Waals surface area contributed by atoms with E-state index in [1.807, 2.05) is 24.3 Å². The molecule has 1 saturated heterocycles. The molecule has 0 saturated carbocycles. The summed E-state index contributed by atoms with van der Waals surface area (Å²) in [6.45, 7) is 3.44. The Morgan fingerprint density at radius 2 is 1.48 bits per heavy atom. The van der Waals surface area contributed by atoms with Crippen molar-refractivity contribution in [2.45, 2.75) is 76.8 Å². The van der Waals surface area contributed by atoms with Crippen LogP contribution in [-0.4, -0.2) is 61.7 Å². The number of aryl methyl sites for hydroxylation is 1. The molecule has 0 bridgehead atoms. The Labute approximate surface area is 191 Å². The van der Waals surface area contributed by atoms with Gasteiger partial charge in [-0.15, -0.1) is 0 Å². The highest BCUT2D eigenvalue weighted by Crippen LogP contribution is 2.37. The number of carbonyl (C=O) groups is 4. The lowest BCUT2D eigenvalue weighted by Gasteiger charge is -2.44. The molecule has 1 aliphatic carbocycles. The molecule has 10 nitrogen and oxygen atoms in total. The second-order valence-corrected chi connectivity index (χ2v) is 7.89. The highest BCUT2D eigenvalue weighted by atomic mass is 16.7. The SMILES string of the molecule is COC(=O)[C@H]1O[C@H](O[C@H]2CCCc3ccccc32)[C@@H](OC(C)=O)[C@H](OC(C)=O)[C@H]1OC(C)=O. The molecule has 3 rings (SSSR count). The monoisotopic (exact) mass is 464 g/mol. The summed E-state index contributed by atoms with van der Waals surface area (Å²) >= 11 is 0. The summed E-state index contributed by atoms with van der Waals surface area (Å²) in [5.41, 5.74) is 2.07. The van der Waals surface area contributed by atoms with E-state index in [0.717, 1.165) is 44.9 Å². The molecule has 1 aliphatic heterocycles. The lowest BCUT2D eigenvalue weighted by atomic mass is 9.89. The van der Waals surface area contributed by atoms with E-state index >= 15 is 0 Å². The van der Waals surface area contributed by atoms with Gasteiger partial charge >= 0.3 is 23.9 Å². The molecule has 0 N–H and O–H groups in total. The third kappa shape index (κ3) is 5.88. The fourth-order valence-corrected chi connectivity index (χ4v) is 4.20. The molecule has 0 radical (unpaired) electrons. The minimum Gasteiger partial charge on any atom is -0.467 e. The first kappa shape index (κ1) is 24.7. The summed E-state index contributed by atoms with van der Waals surface area (Å²) in [6.07, 6.45) is -4.85. The molecule has 1 heterocycles. The van der Waals surface area contributed by atoms with E-state index in [9.17, 15) is 19.2 Å². The van der Waals surface area contributed by atoms with Gasteiger partial charge in [0.05, 0.1) is 13.2 Å². The van der Waals surface area contributed by atoms with Gasteiger partial charge in [0, 0.05) is 20.8 Å². The lowest BCUT2D eigenvalue weighted by Crippen LogP contribution is -2.64. The van der Waals surface area contributed by atoms with Crippen molar-refractivity contribution in [1.82, 2.24) is 0 Å². The Kier molecular flexibility index (Phi) is 8.04. The Morgan fingerprint density at radius 1 is 0.879 bits per heavy atom. The van der Waals surface area contributed by atoms with Crippen molar-refractivity contribution in [3.8, 4) is 0 Å². The summed E-state index contributed by atoms with van der Waals surface area (Å²) in [6, 6.07) is 7.77. The fourth-order valence-electron chi connectivity index (χ4n) is 4.20. The highest BCUT2D eigenvalue weighted by Gasteiger charge is 2.55. The Bertz CT molecular complexity index is 897. The largest absolute Gasteiger partial charge is 0.467 e. The van der Waals surface area contributed by atoms with E-state index in [1.165, 1.54) is 6.92 Å². The van der Waals surface area contributed by atoms with E-state index in [4.69, 9.17) is 28.4 Å². The molecule has 0 spiro atoms. The molecule has 0 amide bonds. The predicted octanol–water partition coefficient (Wildman–Crippen LogP) is 1.77. The highest BCUT2D eigenvalue weighted by molar-refractivity contribution is 5.77. The topological polar surface area (TPSA) is 124 Å². The minimum absolute atomic E-state index is 0.417. The number of methoxy groups -OCH3 is 1. The van der Waals surface area contributed by atoms with Crippen molar-refractivity contribution in [3.63, 3.8) is 0 Å². The number of hydrogen-bond donors (Lipinski definition) is 0. The lowest BCUT2D eigenvalue weighted by molar-refractivity contribution is -0.312. The summed E-state index contributed by atoms with van der Waals surface area (Å²) in [4.78, 5) is 48.1. The van der Waals surface area contributed by atoms with Crippen molar-refractivity contribution in [2.75, 3.05) is 7.11 Å². The number of ether oxygens (including phenoxy) is 6. The van der Waals surface area contributed by atoms with Crippen LogP contribution in [0.15, 0.2) is 24.3 Å². The van der Waals surface area contributed by atoms with Crippen LogP contribution in [0.4, 0.5) is 0 Å². The molecular formula is C23H28O10. The summed E-state index contributed by atoms with van der Waals surface area (Å²) in [7, 11) is 1.14. The van der Waals surface area contributed by atoms with Gasteiger partial charge < -0.3 is 28.4 Å². The van der Waals surface area contributed by atoms with E-state index in [0.29, 0.717) is 6.42 Å². The van der Waals surface area contributed by atoms with Crippen LogP contribution >= 0.6 is 0 Å². The Hall–Kier alpha value is -2.98. The van der Waals surface area contributed by atoms with Crippen molar-refractivity contribution >= 4 is 23.9 Å². The van der Waals surface area contributed by atoms with Gasteiger partial charge in [0.15, 0.2) is 24.4 Å². The van der Waals surface area contributed by atoms with Crippen LogP contribution < -0.4 is 0 Å². The summed E-state index contributed by atoms with van der Waals surface area (Å²) in [5, 5.41) is 0. The van der Waals surface area contributed by atoms with Gasteiger partial charge in [-0.3, -0.25) is 14.4 Å². The summed E-state index contributed by atoms with van der Waals surface area (Å²) < 4.78 is 32.9. The normalized spacial score (nSPS) is 28.7. The van der Waals surface area contributed by atoms with E-state index in [1.54, 1.807) is 0 Å². The van der Waals surface area contributed by atoms with Crippen molar-refractivity contribution in [1.29, 1.82) is 0 Å². The Balaban J connectivity index is 1.99. The second kappa shape index (κ2) is 10.8. The van der Waals surface area contributed by atoms with Crippen LogP contribution in [0.3, 0.4) is 0 Å².